The van der Waals surface area contributed by atoms with E-state index < -0.39 is 23.7 Å². The monoisotopic (exact) mass is 277 g/mol. The Bertz CT molecular complexity index is 633. The second kappa shape index (κ2) is 5.64. The largest absolute Gasteiger partial charge is 0.448 e. The third kappa shape index (κ3) is 3.09. The Labute approximate surface area is 114 Å². The van der Waals surface area contributed by atoms with Crippen LogP contribution in [-0.2, 0) is 4.74 Å². The summed E-state index contributed by atoms with van der Waals surface area (Å²) >= 11 is 0. The molecule has 0 fully saturated rings. The summed E-state index contributed by atoms with van der Waals surface area (Å²) in [6.45, 7) is 3.10. The molecule has 20 heavy (non-hydrogen) atoms. The average Bonchev–Trinajstić information content (AvgIpc) is 2.85. The molecule has 0 bridgehead atoms. The number of esters is 1. The average molecular weight is 277 g/mol. The van der Waals surface area contributed by atoms with Crippen LogP contribution in [0.1, 0.15) is 33.5 Å². The molecule has 1 aromatic heterocycles. The first-order valence-electron chi connectivity index (χ1n) is 5.91. The fourth-order valence-corrected chi connectivity index (χ4v) is 1.58. The van der Waals surface area contributed by atoms with E-state index in [0.29, 0.717) is 5.69 Å². The van der Waals surface area contributed by atoms with Crippen molar-refractivity contribution in [2.24, 2.45) is 0 Å². The van der Waals surface area contributed by atoms with Crippen molar-refractivity contribution in [3.8, 4) is 0 Å². The Balaban J connectivity index is 2.04. The van der Waals surface area contributed by atoms with E-state index in [2.05, 4.69) is 5.16 Å². The summed E-state index contributed by atoms with van der Waals surface area (Å²) in [4.78, 5) is 23.7. The van der Waals surface area contributed by atoms with Gasteiger partial charge in [-0.1, -0.05) is 5.16 Å². The summed E-state index contributed by atoms with van der Waals surface area (Å²) < 4.78 is 22.5. The van der Waals surface area contributed by atoms with E-state index in [1.807, 2.05) is 0 Å². The van der Waals surface area contributed by atoms with Gasteiger partial charge in [0.2, 0.25) is 11.5 Å². The SMILES string of the molecule is Cc1cc(C(=O)O[C@@H](C)C(=O)c2ccc(F)cc2)on1. The van der Waals surface area contributed by atoms with E-state index in [0.717, 1.165) is 0 Å². The first kappa shape index (κ1) is 13.9. The Morgan fingerprint density at radius 1 is 1.30 bits per heavy atom. The van der Waals surface area contributed by atoms with Gasteiger partial charge < -0.3 is 9.26 Å². The van der Waals surface area contributed by atoms with Crippen LogP contribution < -0.4 is 0 Å². The molecule has 1 atom stereocenters. The van der Waals surface area contributed by atoms with Gasteiger partial charge in [-0.25, -0.2) is 9.18 Å². The molecule has 0 aliphatic heterocycles. The van der Waals surface area contributed by atoms with Gasteiger partial charge in [-0.3, -0.25) is 4.79 Å². The Hall–Kier alpha value is -2.50. The number of carbonyl (C=O) groups is 2. The highest BCUT2D eigenvalue weighted by Gasteiger charge is 2.22. The molecule has 0 saturated heterocycles. The van der Waals surface area contributed by atoms with Crippen LogP contribution in [0.3, 0.4) is 0 Å². The summed E-state index contributed by atoms with van der Waals surface area (Å²) in [6.07, 6.45) is -1.00. The van der Waals surface area contributed by atoms with Crippen molar-refractivity contribution in [3.05, 3.63) is 53.2 Å². The van der Waals surface area contributed by atoms with Crippen molar-refractivity contribution in [1.29, 1.82) is 0 Å². The first-order valence-corrected chi connectivity index (χ1v) is 5.91. The minimum Gasteiger partial charge on any atom is -0.448 e. The van der Waals surface area contributed by atoms with Gasteiger partial charge in [0, 0.05) is 11.6 Å². The van der Waals surface area contributed by atoms with E-state index in [1.54, 1.807) is 6.92 Å². The number of hydrogen-bond donors (Lipinski definition) is 0. The molecule has 6 heteroatoms. The van der Waals surface area contributed by atoms with Gasteiger partial charge in [0.1, 0.15) is 5.82 Å². The molecule has 5 nitrogen and oxygen atoms in total. The maximum Gasteiger partial charge on any atom is 0.377 e. The van der Waals surface area contributed by atoms with Crippen molar-refractivity contribution in [1.82, 2.24) is 5.16 Å². The van der Waals surface area contributed by atoms with E-state index in [9.17, 15) is 14.0 Å². The molecule has 2 aromatic rings. The molecule has 0 aliphatic carbocycles. The van der Waals surface area contributed by atoms with Gasteiger partial charge in [0.15, 0.2) is 6.10 Å². The van der Waals surface area contributed by atoms with Gasteiger partial charge >= 0.3 is 5.97 Å². The molecule has 0 N–H and O–H groups in total. The van der Waals surface area contributed by atoms with Crippen molar-refractivity contribution in [2.75, 3.05) is 0 Å². The van der Waals surface area contributed by atoms with Crippen molar-refractivity contribution >= 4 is 11.8 Å². The molecule has 104 valence electrons. The third-order valence-corrected chi connectivity index (χ3v) is 2.61. The molecule has 1 aromatic carbocycles. The highest BCUT2D eigenvalue weighted by Crippen LogP contribution is 2.11. The van der Waals surface area contributed by atoms with Crippen LogP contribution >= 0.6 is 0 Å². The second-order valence-corrected chi connectivity index (χ2v) is 4.25. The maximum absolute atomic E-state index is 12.8. The minimum atomic E-state index is -1.00. The number of aryl methyl sites for hydroxylation is 1. The van der Waals surface area contributed by atoms with Crippen molar-refractivity contribution in [2.45, 2.75) is 20.0 Å². The zero-order chi connectivity index (χ0) is 14.7. The van der Waals surface area contributed by atoms with Crippen LogP contribution in [0.15, 0.2) is 34.9 Å². The second-order valence-electron chi connectivity index (χ2n) is 4.25. The zero-order valence-electron chi connectivity index (χ0n) is 10.9. The highest BCUT2D eigenvalue weighted by molar-refractivity contribution is 6.01. The van der Waals surface area contributed by atoms with Crippen molar-refractivity contribution in [3.63, 3.8) is 0 Å². The smallest absolute Gasteiger partial charge is 0.377 e. The minimum absolute atomic E-state index is 0.0683. The molecule has 0 unspecified atom stereocenters. The lowest BCUT2D eigenvalue weighted by Crippen LogP contribution is -2.24. The van der Waals surface area contributed by atoms with Crippen molar-refractivity contribution < 1.29 is 23.2 Å². The maximum atomic E-state index is 12.8. The Morgan fingerprint density at radius 3 is 2.50 bits per heavy atom. The number of ether oxygens (including phenoxy) is 1. The Morgan fingerprint density at radius 2 is 1.95 bits per heavy atom. The normalized spacial score (nSPS) is 11.9. The molecular formula is C14H12FNO4. The van der Waals surface area contributed by atoms with Crippen LogP contribution in [0.4, 0.5) is 4.39 Å². The number of ketones is 1. The number of nitrogens with zero attached hydrogens (tertiary/aromatic N) is 1. The molecule has 0 aliphatic rings. The summed E-state index contributed by atoms with van der Waals surface area (Å²) in [6, 6.07) is 6.42. The molecule has 0 amide bonds. The molecule has 0 saturated carbocycles. The number of aromatic nitrogens is 1. The van der Waals surface area contributed by atoms with Crippen LogP contribution in [0.5, 0.6) is 0 Å². The van der Waals surface area contributed by atoms with Crippen LogP contribution in [-0.4, -0.2) is 23.0 Å². The van der Waals surface area contributed by atoms with Gasteiger partial charge in [0.25, 0.3) is 0 Å². The summed E-state index contributed by atoms with van der Waals surface area (Å²) in [5, 5.41) is 3.56. The van der Waals surface area contributed by atoms with Crippen LogP contribution in [0.2, 0.25) is 0 Å². The van der Waals surface area contributed by atoms with E-state index >= 15 is 0 Å². The number of hydrogen-bond acceptors (Lipinski definition) is 5. The van der Waals surface area contributed by atoms with Gasteiger partial charge in [0.05, 0.1) is 5.69 Å². The lowest BCUT2D eigenvalue weighted by Gasteiger charge is -2.10. The number of Topliss-reactive ketones (excluding diaryl/α,β-unsaturated/α-hetero) is 1. The predicted molar refractivity (Wildman–Crippen MR) is 66.8 cm³/mol. The number of benzene rings is 1. The van der Waals surface area contributed by atoms with Gasteiger partial charge in [-0.2, -0.15) is 0 Å². The summed E-state index contributed by atoms with van der Waals surface area (Å²) in [7, 11) is 0. The fraction of sp³-hybridized carbons (Fsp3) is 0.214. The quantitative estimate of drug-likeness (QED) is 0.634. The van der Waals surface area contributed by atoms with E-state index in [-0.39, 0.29) is 11.3 Å². The van der Waals surface area contributed by atoms with E-state index in [4.69, 9.17) is 9.26 Å². The van der Waals surface area contributed by atoms with Crippen LogP contribution in [0, 0.1) is 12.7 Å². The Kier molecular flexibility index (Phi) is 3.93. The van der Waals surface area contributed by atoms with Crippen LogP contribution in [0.25, 0.3) is 0 Å². The molecule has 1 heterocycles. The number of rotatable bonds is 4. The summed E-state index contributed by atoms with van der Waals surface area (Å²) in [5.74, 6) is -1.70. The molecule has 0 spiro atoms. The topological polar surface area (TPSA) is 69.4 Å². The van der Waals surface area contributed by atoms with E-state index in [1.165, 1.54) is 37.3 Å². The van der Waals surface area contributed by atoms with Gasteiger partial charge in [-0.15, -0.1) is 0 Å². The number of carbonyl (C=O) groups excluding carboxylic acids is 2. The summed E-state index contributed by atoms with van der Waals surface area (Å²) in [5.41, 5.74) is 0.801. The number of halogens is 1. The lowest BCUT2D eigenvalue weighted by molar-refractivity contribution is 0.0281. The molecule has 2 rings (SSSR count). The standard InChI is InChI=1S/C14H12FNO4/c1-8-7-12(20-16-8)14(18)19-9(2)13(17)10-3-5-11(15)6-4-10/h3-7,9H,1-2H3/t9-/m0/s1. The van der Waals surface area contributed by atoms with Gasteiger partial charge in [-0.05, 0) is 38.1 Å². The predicted octanol–water partition coefficient (Wildman–Crippen LogP) is 2.55. The molecule has 0 radical (unpaired) electrons. The zero-order valence-corrected chi connectivity index (χ0v) is 10.9. The third-order valence-electron chi connectivity index (χ3n) is 2.61. The molecular weight excluding hydrogens is 265 g/mol. The highest BCUT2D eigenvalue weighted by atomic mass is 19.1. The fourth-order valence-electron chi connectivity index (χ4n) is 1.58. The first-order chi connectivity index (χ1) is 9.47. The lowest BCUT2D eigenvalue weighted by atomic mass is 10.1.